The first-order valence-corrected chi connectivity index (χ1v) is 15.0. The Morgan fingerprint density at radius 2 is 1.51 bits per heavy atom. The number of hydrogen-bond donors (Lipinski definition) is 0. The van der Waals surface area contributed by atoms with Gasteiger partial charge in [-0.05, 0) is 61.3 Å². The Bertz CT molecular complexity index is 1550. The molecule has 3 aromatic carbocycles. The number of rotatable bonds is 6. The Kier molecular flexibility index (Phi) is 8.28. The van der Waals surface area contributed by atoms with E-state index in [2.05, 4.69) is 33.7 Å². The number of para-hydroxylation sites is 2. The molecule has 9 heteroatoms. The molecule has 2 saturated heterocycles. The number of halogens is 2. The molecule has 3 heterocycles. The molecule has 7 nitrogen and oxygen atoms in total. The van der Waals surface area contributed by atoms with Crippen LogP contribution in [0.15, 0.2) is 72.8 Å². The van der Waals surface area contributed by atoms with Gasteiger partial charge in [0, 0.05) is 44.3 Å². The number of nitrogens with zero attached hydrogens (tertiary/aromatic N) is 5. The van der Waals surface area contributed by atoms with E-state index in [0.717, 1.165) is 46.8 Å². The number of piperidine rings is 1. The number of carbonyl (C=O) groups is 2. The van der Waals surface area contributed by atoms with Gasteiger partial charge in [-0.2, -0.15) is 0 Å². The third kappa shape index (κ3) is 6.13. The minimum Gasteiger partial charge on any atom is -0.339 e. The highest BCUT2D eigenvalue weighted by Crippen LogP contribution is 2.25. The summed E-state index contributed by atoms with van der Waals surface area (Å²) in [6, 6.07) is 23.3. The van der Waals surface area contributed by atoms with Crippen molar-refractivity contribution >= 4 is 46.0 Å². The molecular weight excluding hydrogens is 557 g/mol. The van der Waals surface area contributed by atoms with Gasteiger partial charge in [0.1, 0.15) is 5.82 Å². The van der Waals surface area contributed by atoms with E-state index in [1.807, 2.05) is 41.3 Å². The third-order valence-electron chi connectivity index (χ3n) is 8.19. The number of carbonyl (C=O) groups excluding carboxylic acids is 2. The molecule has 0 aliphatic carbocycles. The van der Waals surface area contributed by atoms with E-state index in [0.29, 0.717) is 56.4 Å². The summed E-state index contributed by atoms with van der Waals surface area (Å²) in [5, 5.41) is 1.18. The second-order valence-corrected chi connectivity index (χ2v) is 11.7. The first-order valence-electron chi connectivity index (χ1n) is 14.2. The van der Waals surface area contributed by atoms with Gasteiger partial charge in [0.25, 0.3) is 5.91 Å². The summed E-state index contributed by atoms with van der Waals surface area (Å²) < 4.78 is 2.28. The highest BCUT2D eigenvalue weighted by Gasteiger charge is 2.33. The number of aromatic nitrogens is 2. The van der Waals surface area contributed by atoms with Crippen molar-refractivity contribution in [1.29, 1.82) is 0 Å². The Morgan fingerprint density at radius 3 is 2.29 bits per heavy atom. The Labute approximate surface area is 250 Å². The zero-order chi connectivity index (χ0) is 28.3. The average Bonchev–Trinajstić information content (AvgIpc) is 3.34. The van der Waals surface area contributed by atoms with Gasteiger partial charge in [-0.15, -0.1) is 0 Å². The lowest BCUT2D eigenvalue weighted by molar-refractivity contribution is -0.139. The molecule has 0 spiro atoms. The molecule has 0 unspecified atom stereocenters. The van der Waals surface area contributed by atoms with Crippen molar-refractivity contribution in [1.82, 2.24) is 24.3 Å². The number of benzene rings is 3. The van der Waals surface area contributed by atoms with E-state index in [9.17, 15) is 9.59 Å². The summed E-state index contributed by atoms with van der Waals surface area (Å²) >= 11 is 12.4. The van der Waals surface area contributed by atoms with Crippen LogP contribution in [0, 0.1) is 5.92 Å². The Balaban J connectivity index is 1.10. The molecule has 6 rings (SSSR count). The highest BCUT2D eigenvalue weighted by atomic mass is 35.5. The van der Waals surface area contributed by atoms with Crippen molar-refractivity contribution in [2.24, 2.45) is 5.92 Å². The second-order valence-electron chi connectivity index (χ2n) is 10.9. The van der Waals surface area contributed by atoms with Crippen LogP contribution in [0.2, 0.25) is 10.0 Å². The van der Waals surface area contributed by atoms with Crippen molar-refractivity contribution in [3.05, 3.63) is 99.8 Å². The van der Waals surface area contributed by atoms with Gasteiger partial charge in [-0.25, -0.2) is 4.98 Å². The molecule has 2 amide bonds. The normalized spacial score (nSPS) is 18.1. The number of likely N-dealkylation sites (tertiary alicyclic amines) is 1. The maximum absolute atomic E-state index is 13.6. The first-order chi connectivity index (χ1) is 20.0. The van der Waals surface area contributed by atoms with Crippen LogP contribution in [0.25, 0.3) is 11.0 Å². The molecule has 0 radical (unpaired) electrons. The summed E-state index contributed by atoms with van der Waals surface area (Å²) in [6.45, 7) is 5.16. The van der Waals surface area contributed by atoms with E-state index < -0.39 is 0 Å². The average molecular weight is 591 g/mol. The maximum atomic E-state index is 13.6. The van der Waals surface area contributed by atoms with Crippen LogP contribution in [-0.2, 0) is 17.9 Å². The first kappa shape index (κ1) is 27.8. The lowest BCUT2D eigenvalue weighted by Gasteiger charge is -2.39. The monoisotopic (exact) mass is 589 g/mol. The van der Waals surface area contributed by atoms with Gasteiger partial charge in [0.05, 0.1) is 34.1 Å². The molecule has 41 heavy (non-hydrogen) atoms. The number of amides is 2. The predicted molar refractivity (Wildman–Crippen MR) is 162 cm³/mol. The van der Waals surface area contributed by atoms with Crippen molar-refractivity contribution in [2.75, 3.05) is 39.3 Å². The maximum Gasteiger partial charge on any atom is 0.255 e. The van der Waals surface area contributed by atoms with Gasteiger partial charge >= 0.3 is 0 Å². The van der Waals surface area contributed by atoms with Crippen molar-refractivity contribution in [3.63, 3.8) is 0 Å². The molecular formula is C32H33Cl2N5O2. The zero-order valence-corrected chi connectivity index (χ0v) is 24.4. The molecule has 2 fully saturated rings. The van der Waals surface area contributed by atoms with Gasteiger partial charge in [-0.1, -0.05) is 59.6 Å². The van der Waals surface area contributed by atoms with Crippen LogP contribution < -0.4 is 0 Å². The minimum absolute atomic E-state index is 0.0522. The fourth-order valence-corrected chi connectivity index (χ4v) is 6.33. The molecule has 4 aromatic rings. The number of imidazole rings is 1. The summed E-state index contributed by atoms with van der Waals surface area (Å²) in [7, 11) is 0. The van der Waals surface area contributed by atoms with Crippen molar-refractivity contribution in [2.45, 2.75) is 25.9 Å². The van der Waals surface area contributed by atoms with Gasteiger partial charge in [-0.3, -0.25) is 14.5 Å². The van der Waals surface area contributed by atoms with Crippen LogP contribution in [0.4, 0.5) is 0 Å². The van der Waals surface area contributed by atoms with Crippen molar-refractivity contribution < 1.29 is 9.59 Å². The number of hydrogen-bond acceptors (Lipinski definition) is 4. The van der Waals surface area contributed by atoms with Gasteiger partial charge in [0.15, 0.2) is 0 Å². The molecule has 1 aromatic heterocycles. The Hall–Kier alpha value is -3.39. The molecule has 0 saturated carbocycles. The minimum atomic E-state index is -0.0759. The van der Waals surface area contributed by atoms with Crippen LogP contribution in [-0.4, -0.2) is 75.3 Å². The largest absolute Gasteiger partial charge is 0.339 e. The van der Waals surface area contributed by atoms with Gasteiger partial charge in [0.2, 0.25) is 5.91 Å². The van der Waals surface area contributed by atoms with Crippen LogP contribution in [0.1, 0.15) is 34.6 Å². The number of fused-ring (bicyclic) bond motifs is 1. The second kappa shape index (κ2) is 12.2. The van der Waals surface area contributed by atoms with Crippen molar-refractivity contribution in [3.8, 4) is 0 Å². The third-order valence-corrected chi connectivity index (χ3v) is 8.77. The highest BCUT2D eigenvalue weighted by molar-refractivity contribution is 6.33. The van der Waals surface area contributed by atoms with Crippen LogP contribution in [0.5, 0.6) is 0 Å². The lowest BCUT2D eigenvalue weighted by atomic mass is 9.96. The van der Waals surface area contributed by atoms with E-state index in [1.54, 1.807) is 17.0 Å². The van der Waals surface area contributed by atoms with Crippen LogP contribution in [0.3, 0.4) is 0 Å². The zero-order valence-electron chi connectivity index (χ0n) is 22.9. The fourth-order valence-electron chi connectivity index (χ4n) is 5.99. The predicted octanol–water partition coefficient (Wildman–Crippen LogP) is 5.59. The summed E-state index contributed by atoms with van der Waals surface area (Å²) in [6.07, 6.45) is 1.86. The van der Waals surface area contributed by atoms with E-state index >= 15 is 0 Å². The van der Waals surface area contributed by atoms with E-state index in [1.165, 1.54) is 0 Å². The molecule has 0 N–H and O–H groups in total. The summed E-state index contributed by atoms with van der Waals surface area (Å²) in [5.74, 6) is 1.06. The molecule has 1 atom stereocenters. The topological polar surface area (TPSA) is 61.7 Å². The van der Waals surface area contributed by atoms with Crippen LogP contribution >= 0.6 is 23.2 Å². The molecule has 0 bridgehead atoms. The summed E-state index contributed by atoms with van der Waals surface area (Å²) in [4.78, 5) is 37.6. The van der Waals surface area contributed by atoms with E-state index in [-0.39, 0.29) is 17.7 Å². The summed E-state index contributed by atoms with van der Waals surface area (Å²) in [5.41, 5.74) is 3.76. The standard InChI is InChI=1S/C32H33Cl2N5O2/c33-25-13-11-23(12-14-25)20-39-29-10-4-3-9-28(29)35-30(39)22-36-15-5-6-24(21-36)31(40)37-16-18-38(19-17-37)32(41)26-7-1-2-8-27(26)34/h1-4,7-14,24H,5-6,15-22H2/t24-/m1/s1. The quantitative estimate of drug-likeness (QED) is 0.294. The fraction of sp³-hybridized carbons (Fsp3) is 0.344. The number of piperazine rings is 1. The molecule has 212 valence electrons. The lowest BCUT2D eigenvalue weighted by Crippen LogP contribution is -2.53. The van der Waals surface area contributed by atoms with Gasteiger partial charge < -0.3 is 14.4 Å². The SMILES string of the molecule is O=C(c1ccccc1Cl)N1CCN(C(=O)[C@@H]2CCCN(Cc3nc4ccccc4n3Cc3ccc(Cl)cc3)C2)CC1. The molecule has 2 aliphatic heterocycles. The molecule has 2 aliphatic rings. The Morgan fingerprint density at radius 1 is 0.805 bits per heavy atom. The van der Waals surface area contributed by atoms with E-state index in [4.69, 9.17) is 28.2 Å². The smallest absolute Gasteiger partial charge is 0.255 e.